The first-order chi connectivity index (χ1) is 12.5. The van der Waals surface area contributed by atoms with Gasteiger partial charge in [-0.1, -0.05) is 24.3 Å². The maximum absolute atomic E-state index is 12.9. The number of amides is 1. The van der Waals surface area contributed by atoms with Crippen molar-refractivity contribution in [1.29, 1.82) is 0 Å². The highest BCUT2D eigenvalue weighted by Crippen LogP contribution is 2.34. The van der Waals surface area contributed by atoms with Crippen LogP contribution in [0.5, 0.6) is 0 Å². The first kappa shape index (κ1) is 20.3. The Labute approximate surface area is 148 Å². The Hall–Kier alpha value is -3.04. The topological polar surface area (TPSA) is 55.4 Å². The molecule has 0 saturated carbocycles. The molecule has 0 aliphatic heterocycles. The largest absolute Gasteiger partial charge is 0.452 e. The lowest BCUT2D eigenvalue weighted by Gasteiger charge is -2.14. The Balaban J connectivity index is 2.07. The molecule has 0 radical (unpaired) electrons. The highest BCUT2D eigenvalue weighted by molar-refractivity contribution is 5.96. The van der Waals surface area contributed by atoms with Crippen LogP contribution in [0.3, 0.4) is 0 Å². The number of carbonyl (C=O) groups excluding carboxylic acids is 2. The number of rotatable bonds is 4. The molecule has 0 heterocycles. The molecule has 27 heavy (non-hydrogen) atoms. The van der Waals surface area contributed by atoms with E-state index in [2.05, 4.69) is 4.74 Å². The van der Waals surface area contributed by atoms with Crippen molar-refractivity contribution in [3.05, 3.63) is 65.2 Å². The number of carbonyl (C=O) groups is 2. The number of hydrogen-bond acceptors (Lipinski definition) is 3. The minimum Gasteiger partial charge on any atom is -0.452 e. The molecule has 0 atom stereocenters. The molecule has 0 spiro atoms. The van der Waals surface area contributed by atoms with Crippen LogP contribution in [0.1, 0.15) is 21.5 Å². The lowest BCUT2D eigenvalue weighted by molar-refractivity contribution is -0.138. The van der Waals surface area contributed by atoms with E-state index in [4.69, 9.17) is 0 Å². The number of halogens is 6. The second kappa shape index (κ2) is 7.68. The average molecular weight is 391 g/mol. The monoisotopic (exact) mass is 391 g/mol. The van der Waals surface area contributed by atoms with Gasteiger partial charge < -0.3 is 10.1 Å². The van der Waals surface area contributed by atoms with Gasteiger partial charge >= 0.3 is 18.3 Å². The number of hydrogen-bond donors (Lipinski definition) is 1. The fourth-order valence-electron chi connectivity index (χ4n) is 2.14. The van der Waals surface area contributed by atoms with E-state index in [-0.39, 0.29) is 0 Å². The van der Waals surface area contributed by atoms with E-state index in [0.29, 0.717) is 6.07 Å². The molecule has 1 amide bonds. The summed E-state index contributed by atoms with van der Waals surface area (Å²) in [6.07, 6.45) is -9.55. The zero-order valence-corrected chi connectivity index (χ0v) is 13.3. The van der Waals surface area contributed by atoms with Gasteiger partial charge in [-0.15, -0.1) is 0 Å². The number of esters is 1. The lowest BCUT2D eigenvalue weighted by atomic mass is 10.1. The molecular formula is C17H11F6NO3. The maximum Gasteiger partial charge on any atom is 0.418 e. The van der Waals surface area contributed by atoms with Crippen molar-refractivity contribution in [2.45, 2.75) is 12.4 Å². The number of anilines is 1. The molecule has 0 aliphatic carbocycles. The number of para-hydroxylation sites is 1. The van der Waals surface area contributed by atoms with Crippen molar-refractivity contribution in [3.63, 3.8) is 0 Å². The van der Waals surface area contributed by atoms with E-state index in [9.17, 15) is 35.9 Å². The Morgan fingerprint density at radius 1 is 0.815 bits per heavy atom. The van der Waals surface area contributed by atoms with E-state index in [1.807, 2.05) is 5.32 Å². The van der Waals surface area contributed by atoms with Crippen molar-refractivity contribution < 1.29 is 40.7 Å². The van der Waals surface area contributed by atoms with Crippen molar-refractivity contribution in [2.24, 2.45) is 0 Å². The molecule has 0 aromatic heterocycles. The predicted molar refractivity (Wildman–Crippen MR) is 81.8 cm³/mol. The van der Waals surface area contributed by atoms with Gasteiger partial charge in [-0.3, -0.25) is 4.79 Å². The average Bonchev–Trinajstić information content (AvgIpc) is 2.58. The van der Waals surface area contributed by atoms with Crippen LogP contribution in [0.25, 0.3) is 0 Å². The summed E-state index contributed by atoms with van der Waals surface area (Å²) < 4.78 is 81.6. The quantitative estimate of drug-likeness (QED) is 0.616. The van der Waals surface area contributed by atoms with E-state index < -0.39 is 53.2 Å². The van der Waals surface area contributed by atoms with Gasteiger partial charge in [-0.25, -0.2) is 4.79 Å². The molecule has 10 heteroatoms. The fourth-order valence-corrected chi connectivity index (χ4v) is 2.14. The standard InChI is InChI=1S/C17H11F6NO3/c18-16(19,20)11-6-2-1-5-10(11)15(26)27-9-14(25)24-13-8-4-3-7-12(13)17(21,22)23/h1-8H,9H2,(H,24,25). The Kier molecular flexibility index (Phi) is 5.77. The number of nitrogens with one attached hydrogen (secondary N) is 1. The van der Waals surface area contributed by atoms with Gasteiger partial charge in [-0.2, -0.15) is 26.3 Å². The van der Waals surface area contributed by atoms with Gasteiger partial charge in [0.15, 0.2) is 6.61 Å². The van der Waals surface area contributed by atoms with Crippen molar-refractivity contribution in [3.8, 4) is 0 Å². The summed E-state index contributed by atoms with van der Waals surface area (Å²) in [7, 11) is 0. The minimum atomic E-state index is -4.82. The first-order valence-corrected chi connectivity index (χ1v) is 7.29. The zero-order chi connectivity index (χ0) is 20.2. The molecule has 0 aliphatic rings. The summed E-state index contributed by atoms with van der Waals surface area (Å²) in [6.45, 7) is -1.06. The van der Waals surface area contributed by atoms with Crippen LogP contribution in [-0.2, 0) is 21.9 Å². The number of benzene rings is 2. The summed E-state index contributed by atoms with van der Waals surface area (Å²) in [5.74, 6) is -2.56. The van der Waals surface area contributed by atoms with Crippen molar-refractivity contribution in [2.75, 3.05) is 11.9 Å². The number of alkyl halides is 6. The highest BCUT2D eigenvalue weighted by Gasteiger charge is 2.36. The molecule has 2 rings (SSSR count). The molecule has 144 valence electrons. The van der Waals surface area contributed by atoms with Crippen LogP contribution in [0.2, 0.25) is 0 Å². The zero-order valence-electron chi connectivity index (χ0n) is 13.3. The third kappa shape index (κ3) is 5.22. The molecule has 1 N–H and O–H groups in total. The molecule has 4 nitrogen and oxygen atoms in total. The van der Waals surface area contributed by atoms with E-state index in [1.54, 1.807) is 0 Å². The molecule has 2 aromatic carbocycles. The third-order valence-corrected chi connectivity index (χ3v) is 3.29. The molecule has 0 bridgehead atoms. The second-order valence-corrected chi connectivity index (χ2v) is 5.21. The fraction of sp³-hybridized carbons (Fsp3) is 0.176. The molecule has 0 unspecified atom stereocenters. The van der Waals surface area contributed by atoms with E-state index >= 15 is 0 Å². The van der Waals surface area contributed by atoms with Crippen LogP contribution in [0.4, 0.5) is 32.0 Å². The lowest BCUT2D eigenvalue weighted by Crippen LogP contribution is -2.23. The predicted octanol–water partition coefficient (Wildman–Crippen LogP) is 4.52. The normalized spacial score (nSPS) is 11.8. The van der Waals surface area contributed by atoms with Gasteiger partial charge in [0.25, 0.3) is 5.91 Å². The van der Waals surface area contributed by atoms with Gasteiger partial charge in [0, 0.05) is 0 Å². The number of ether oxygens (including phenoxy) is 1. The van der Waals surface area contributed by atoms with Crippen LogP contribution in [-0.4, -0.2) is 18.5 Å². The SMILES string of the molecule is O=C(COC(=O)c1ccccc1C(F)(F)F)Nc1ccccc1C(F)(F)F. The van der Waals surface area contributed by atoms with Crippen molar-refractivity contribution in [1.82, 2.24) is 0 Å². The summed E-state index contributed by atoms with van der Waals surface area (Å²) in [5, 5.41) is 1.91. The first-order valence-electron chi connectivity index (χ1n) is 7.29. The second-order valence-electron chi connectivity index (χ2n) is 5.21. The minimum absolute atomic E-state index is 0.568. The Bertz CT molecular complexity index is 845. The van der Waals surface area contributed by atoms with Gasteiger partial charge in [0.2, 0.25) is 0 Å². The molecule has 2 aromatic rings. The summed E-state index contributed by atoms with van der Waals surface area (Å²) in [6, 6.07) is 7.86. The van der Waals surface area contributed by atoms with Gasteiger partial charge in [0.1, 0.15) is 0 Å². The molecule has 0 saturated heterocycles. The Morgan fingerprint density at radius 3 is 1.93 bits per heavy atom. The Morgan fingerprint density at radius 2 is 1.33 bits per heavy atom. The summed E-state index contributed by atoms with van der Waals surface area (Å²) >= 11 is 0. The van der Waals surface area contributed by atoms with Crippen LogP contribution < -0.4 is 5.32 Å². The highest BCUT2D eigenvalue weighted by atomic mass is 19.4. The van der Waals surface area contributed by atoms with Gasteiger partial charge in [0.05, 0.1) is 22.4 Å². The molecule has 0 fully saturated rings. The van der Waals surface area contributed by atoms with Gasteiger partial charge in [-0.05, 0) is 24.3 Å². The van der Waals surface area contributed by atoms with Crippen LogP contribution >= 0.6 is 0 Å². The maximum atomic E-state index is 12.9. The summed E-state index contributed by atoms with van der Waals surface area (Å²) in [4.78, 5) is 23.5. The van der Waals surface area contributed by atoms with Crippen LogP contribution in [0, 0.1) is 0 Å². The van der Waals surface area contributed by atoms with E-state index in [1.165, 1.54) is 12.1 Å². The van der Waals surface area contributed by atoms with E-state index in [0.717, 1.165) is 30.3 Å². The smallest absolute Gasteiger partial charge is 0.418 e. The van der Waals surface area contributed by atoms with Crippen LogP contribution in [0.15, 0.2) is 48.5 Å². The third-order valence-electron chi connectivity index (χ3n) is 3.29. The molecular weight excluding hydrogens is 380 g/mol. The summed E-state index contributed by atoms with van der Waals surface area (Å²) in [5.41, 5.74) is -3.75. The van der Waals surface area contributed by atoms with Crippen molar-refractivity contribution >= 4 is 17.6 Å².